The molecule has 1 heterocycles. The van der Waals surface area contributed by atoms with Crippen LogP contribution in [-0.4, -0.2) is 69.4 Å². The third kappa shape index (κ3) is 3.71. The summed E-state index contributed by atoms with van der Waals surface area (Å²) in [4.78, 5) is 1.65. The predicted octanol–water partition coefficient (Wildman–Crippen LogP) is -0.219. The van der Waals surface area contributed by atoms with Gasteiger partial charge >= 0.3 is 0 Å². The first-order valence-corrected chi connectivity index (χ1v) is 7.15. The van der Waals surface area contributed by atoms with Crippen molar-refractivity contribution in [1.82, 2.24) is 4.90 Å². The van der Waals surface area contributed by atoms with Gasteiger partial charge in [0.1, 0.15) is 18.0 Å². The highest BCUT2D eigenvalue weighted by molar-refractivity contribution is 6.30. The molecule has 0 aromatic heterocycles. The molecule has 5 nitrogen and oxygen atoms in total. The Kier molecular flexibility index (Phi) is 5.54. The van der Waals surface area contributed by atoms with Crippen LogP contribution in [0.5, 0.6) is 0 Å². The van der Waals surface area contributed by atoms with Gasteiger partial charge in [0.25, 0.3) is 0 Å². The van der Waals surface area contributed by atoms with Crippen LogP contribution in [0, 0.1) is 5.82 Å². The second-order valence-electron chi connectivity index (χ2n) is 5.28. The summed E-state index contributed by atoms with van der Waals surface area (Å²) in [5.74, 6) is -0.416. The van der Waals surface area contributed by atoms with E-state index in [-0.39, 0.29) is 13.2 Å². The van der Waals surface area contributed by atoms with Crippen LogP contribution < -0.4 is 0 Å². The smallest absolute Gasteiger partial charge is 0.127 e. The van der Waals surface area contributed by atoms with Gasteiger partial charge in [-0.1, -0.05) is 17.7 Å². The second-order valence-corrected chi connectivity index (χ2v) is 5.72. The Balaban J connectivity index is 2.03. The maximum Gasteiger partial charge on any atom is 0.127 e. The number of likely N-dealkylation sites (tertiary alicyclic amines) is 1. The lowest BCUT2D eigenvalue weighted by molar-refractivity contribution is -0.144. The molecule has 0 aliphatic carbocycles. The maximum atomic E-state index is 13.7. The lowest BCUT2D eigenvalue weighted by Gasteiger charge is -2.43. The van der Waals surface area contributed by atoms with E-state index in [0.717, 1.165) is 0 Å². The summed E-state index contributed by atoms with van der Waals surface area (Å²) in [5, 5.41) is 38.8. The van der Waals surface area contributed by atoms with Crippen molar-refractivity contribution in [2.24, 2.45) is 0 Å². The molecule has 0 saturated carbocycles. The standard InChI is InChI=1S/C14H19ClFNO4/c15-9-2-1-8(10(16)5-9)3-4-17-6-12(19)14(21)13(20)11(17)7-18/h1-2,5,11-14,18-21H,3-4,6-7H2/t11-,12-,13+,14+/m0/s1. The molecule has 0 amide bonds. The molecule has 1 saturated heterocycles. The van der Waals surface area contributed by atoms with Gasteiger partial charge in [0.2, 0.25) is 0 Å². The molecule has 0 radical (unpaired) electrons. The molecule has 4 atom stereocenters. The van der Waals surface area contributed by atoms with E-state index in [4.69, 9.17) is 11.6 Å². The summed E-state index contributed by atoms with van der Waals surface area (Å²) < 4.78 is 13.7. The first kappa shape index (κ1) is 16.6. The monoisotopic (exact) mass is 319 g/mol. The predicted molar refractivity (Wildman–Crippen MR) is 75.6 cm³/mol. The van der Waals surface area contributed by atoms with E-state index in [0.29, 0.717) is 23.6 Å². The number of rotatable bonds is 4. The zero-order valence-corrected chi connectivity index (χ0v) is 12.1. The van der Waals surface area contributed by atoms with Crippen molar-refractivity contribution in [1.29, 1.82) is 0 Å². The summed E-state index contributed by atoms with van der Waals surface area (Å²) in [6.07, 6.45) is -3.29. The van der Waals surface area contributed by atoms with Crippen molar-refractivity contribution in [2.75, 3.05) is 19.7 Å². The first-order chi connectivity index (χ1) is 9.93. The summed E-state index contributed by atoms with van der Waals surface area (Å²) in [6, 6.07) is 3.72. The number of piperidine rings is 1. The quantitative estimate of drug-likeness (QED) is 0.617. The van der Waals surface area contributed by atoms with Crippen LogP contribution >= 0.6 is 11.6 Å². The summed E-state index contributed by atoms with van der Waals surface area (Å²) >= 11 is 5.69. The van der Waals surface area contributed by atoms with Crippen LogP contribution in [-0.2, 0) is 6.42 Å². The van der Waals surface area contributed by atoms with Gasteiger partial charge < -0.3 is 20.4 Å². The Morgan fingerprint density at radius 1 is 1.24 bits per heavy atom. The van der Waals surface area contributed by atoms with Crippen LogP contribution in [0.3, 0.4) is 0 Å². The van der Waals surface area contributed by atoms with Gasteiger partial charge in [-0.3, -0.25) is 4.90 Å². The van der Waals surface area contributed by atoms with Crippen LogP contribution in [0.4, 0.5) is 4.39 Å². The van der Waals surface area contributed by atoms with E-state index in [1.54, 1.807) is 17.0 Å². The Hall–Kier alpha value is -0.760. The van der Waals surface area contributed by atoms with Crippen molar-refractivity contribution < 1.29 is 24.8 Å². The third-order valence-electron chi connectivity index (χ3n) is 3.90. The minimum absolute atomic E-state index is 0.110. The number of benzene rings is 1. The minimum Gasteiger partial charge on any atom is -0.395 e. The number of halogens is 2. The molecule has 0 spiro atoms. The summed E-state index contributed by atoms with van der Waals surface area (Å²) in [6.45, 7) is 0.0946. The molecular weight excluding hydrogens is 301 g/mol. The van der Waals surface area contributed by atoms with Crippen molar-refractivity contribution in [3.05, 3.63) is 34.6 Å². The molecule has 1 aromatic carbocycles. The molecule has 7 heteroatoms. The Labute approximate surface area is 127 Å². The molecule has 118 valence electrons. The number of aliphatic hydroxyl groups excluding tert-OH is 4. The molecule has 0 bridgehead atoms. The van der Waals surface area contributed by atoms with E-state index in [1.165, 1.54) is 6.07 Å². The van der Waals surface area contributed by atoms with Gasteiger partial charge in [0.05, 0.1) is 18.8 Å². The fourth-order valence-corrected chi connectivity index (χ4v) is 2.78. The van der Waals surface area contributed by atoms with E-state index in [9.17, 15) is 24.8 Å². The number of hydrogen-bond donors (Lipinski definition) is 4. The molecule has 0 unspecified atom stereocenters. The summed E-state index contributed by atoms with van der Waals surface area (Å²) in [7, 11) is 0. The van der Waals surface area contributed by atoms with Crippen molar-refractivity contribution in [3.8, 4) is 0 Å². The van der Waals surface area contributed by atoms with Gasteiger partial charge in [-0.15, -0.1) is 0 Å². The van der Waals surface area contributed by atoms with E-state index < -0.39 is 30.2 Å². The highest BCUT2D eigenvalue weighted by Gasteiger charge is 2.40. The number of β-amino-alcohol motifs (C(OH)–C–C–N with tert-alkyl or cyclic N) is 1. The van der Waals surface area contributed by atoms with Gasteiger partial charge in [-0.05, 0) is 24.1 Å². The van der Waals surface area contributed by atoms with Crippen LogP contribution in [0.25, 0.3) is 0 Å². The average molecular weight is 320 g/mol. The SMILES string of the molecule is OC[C@H]1[C@@H](O)[C@H](O)[C@@H](O)CN1CCc1ccc(Cl)cc1F. The summed E-state index contributed by atoms with van der Waals surface area (Å²) in [5.41, 5.74) is 0.464. The van der Waals surface area contributed by atoms with Gasteiger partial charge in [0, 0.05) is 18.1 Å². The van der Waals surface area contributed by atoms with Crippen molar-refractivity contribution >= 4 is 11.6 Å². The van der Waals surface area contributed by atoms with Crippen LogP contribution in [0.15, 0.2) is 18.2 Å². The lowest BCUT2D eigenvalue weighted by Crippen LogP contribution is -2.62. The molecule has 1 aliphatic heterocycles. The van der Waals surface area contributed by atoms with Gasteiger partial charge in [-0.25, -0.2) is 4.39 Å². The Morgan fingerprint density at radius 3 is 2.57 bits per heavy atom. The zero-order chi connectivity index (χ0) is 15.6. The molecule has 1 aliphatic rings. The van der Waals surface area contributed by atoms with E-state index in [2.05, 4.69) is 0 Å². The second kappa shape index (κ2) is 7.00. The number of hydrogen-bond acceptors (Lipinski definition) is 5. The maximum absolute atomic E-state index is 13.7. The van der Waals surface area contributed by atoms with Gasteiger partial charge in [-0.2, -0.15) is 0 Å². The fourth-order valence-electron chi connectivity index (χ4n) is 2.62. The number of nitrogens with zero attached hydrogens (tertiary/aromatic N) is 1. The Bertz CT molecular complexity index is 490. The first-order valence-electron chi connectivity index (χ1n) is 6.77. The van der Waals surface area contributed by atoms with Crippen LogP contribution in [0.1, 0.15) is 5.56 Å². The van der Waals surface area contributed by atoms with Crippen molar-refractivity contribution in [3.63, 3.8) is 0 Å². The average Bonchev–Trinajstić information content (AvgIpc) is 2.44. The molecular formula is C14H19ClFNO4. The lowest BCUT2D eigenvalue weighted by atomic mass is 9.94. The van der Waals surface area contributed by atoms with E-state index in [1.807, 2.05) is 0 Å². The highest BCUT2D eigenvalue weighted by Crippen LogP contribution is 2.20. The minimum atomic E-state index is -1.29. The molecule has 21 heavy (non-hydrogen) atoms. The molecule has 2 rings (SSSR count). The van der Waals surface area contributed by atoms with E-state index >= 15 is 0 Å². The highest BCUT2D eigenvalue weighted by atomic mass is 35.5. The topological polar surface area (TPSA) is 84.2 Å². The number of aliphatic hydroxyl groups is 4. The van der Waals surface area contributed by atoms with Gasteiger partial charge in [0.15, 0.2) is 0 Å². The normalized spacial score (nSPS) is 30.6. The Morgan fingerprint density at radius 2 is 1.95 bits per heavy atom. The molecule has 1 fully saturated rings. The largest absolute Gasteiger partial charge is 0.395 e. The molecule has 4 N–H and O–H groups in total. The zero-order valence-electron chi connectivity index (χ0n) is 11.4. The van der Waals surface area contributed by atoms with Crippen molar-refractivity contribution in [2.45, 2.75) is 30.8 Å². The molecule has 1 aromatic rings. The fraction of sp³-hybridized carbons (Fsp3) is 0.571. The third-order valence-corrected chi connectivity index (χ3v) is 4.13. The van der Waals surface area contributed by atoms with Crippen LogP contribution in [0.2, 0.25) is 5.02 Å².